The molecule has 3 aliphatic carbocycles. The van der Waals surface area contributed by atoms with Crippen LogP contribution >= 0.6 is 0 Å². The minimum Gasteiger partial charge on any atom is -0.309 e. The molecule has 1 fully saturated rings. The van der Waals surface area contributed by atoms with E-state index in [9.17, 15) is 17.6 Å². The number of allylic oxidation sites excluding steroid dienone is 2. The highest BCUT2D eigenvalue weighted by Gasteiger charge is 2.54. The van der Waals surface area contributed by atoms with Gasteiger partial charge in [0.15, 0.2) is 0 Å². The summed E-state index contributed by atoms with van der Waals surface area (Å²) in [6.45, 7) is 2.59. The molecule has 0 aliphatic heterocycles. The molecule has 1 unspecified atom stereocenters. The molecule has 4 atom stereocenters. The van der Waals surface area contributed by atoms with Gasteiger partial charge in [0, 0.05) is 18.0 Å². The third kappa shape index (κ3) is 4.23. The van der Waals surface area contributed by atoms with E-state index >= 15 is 0 Å². The van der Waals surface area contributed by atoms with E-state index in [4.69, 9.17) is 0 Å². The summed E-state index contributed by atoms with van der Waals surface area (Å²) in [4.78, 5) is 0. The molecule has 1 heterocycles. The van der Waals surface area contributed by atoms with Crippen molar-refractivity contribution in [3.8, 4) is 5.69 Å². The molecule has 3 aromatic rings. The number of hydrogen-bond donors (Lipinski definition) is 1. The zero-order valence-corrected chi connectivity index (χ0v) is 20.6. The number of alkyl halides is 3. The predicted octanol–water partition coefficient (Wildman–Crippen LogP) is 7.03. The molecule has 0 saturated heterocycles. The number of nitrogens with one attached hydrogen (secondary N) is 1. The normalized spacial score (nSPS) is 27.0. The van der Waals surface area contributed by atoms with Crippen LogP contribution < -0.4 is 5.32 Å². The van der Waals surface area contributed by atoms with E-state index in [2.05, 4.69) is 23.4 Å². The maximum absolute atomic E-state index is 14.2. The van der Waals surface area contributed by atoms with E-state index < -0.39 is 18.1 Å². The van der Waals surface area contributed by atoms with E-state index in [1.165, 1.54) is 17.7 Å². The molecule has 0 spiro atoms. The van der Waals surface area contributed by atoms with Gasteiger partial charge in [-0.2, -0.15) is 18.3 Å². The lowest BCUT2D eigenvalue weighted by molar-refractivity contribution is -0.187. The second-order valence-corrected chi connectivity index (χ2v) is 10.7. The first-order valence-electron chi connectivity index (χ1n) is 12.8. The van der Waals surface area contributed by atoms with E-state index in [1.807, 2.05) is 47.3 Å². The largest absolute Gasteiger partial charge is 0.393 e. The van der Waals surface area contributed by atoms with Crippen molar-refractivity contribution >= 4 is 6.08 Å². The molecule has 7 heteroatoms. The van der Waals surface area contributed by atoms with Crippen molar-refractivity contribution < 1.29 is 17.6 Å². The third-order valence-corrected chi connectivity index (χ3v) is 8.55. The Hall–Kier alpha value is -3.19. The monoisotopic (exact) mass is 507 g/mol. The number of nitrogens with zero attached hydrogens (tertiary/aromatic N) is 2. The highest BCUT2D eigenvalue weighted by Crippen LogP contribution is 2.57. The van der Waals surface area contributed by atoms with Crippen molar-refractivity contribution in [2.45, 2.75) is 51.4 Å². The quantitative estimate of drug-likeness (QED) is 0.303. The van der Waals surface area contributed by atoms with Crippen molar-refractivity contribution in [2.24, 2.45) is 17.3 Å². The lowest BCUT2D eigenvalue weighted by Gasteiger charge is -2.51. The zero-order chi connectivity index (χ0) is 25.8. The Labute approximate surface area is 213 Å². The summed E-state index contributed by atoms with van der Waals surface area (Å²) < 4.78 is 57.8. The fourth-order valence-electron chi connectivity index (χ4n) is 6.68. The van der Waals surface area contributed by atoms with E-state index in [-0.39, 0.29) is 23.6 Å². The lowest BCUT2D eigenvalue weighted by atomic mass is 9.55. The van der Waals surface area contributed by atoms with Crippen molar-refractivity contribution in [2.75, 3.05) is 0 Å². The van der Waals surface area contributed by atoms with Crippen LogP contribution in [0.1, 0.15) is 43.0 Å². The van der Waals surface area contributed by atoms with Gasteiger partial charge < -0.3 is 5.32 Å². The lowest BCUT2D eigenvalue weighted by Crippen LogP contribution is -2.53. The molecule has 1 N–H and O–H groups in total. The van der Waals surface area contributed by atoms with Crippen molar-refractivity contribution in [1.29, 1.82) is 0 Å². The Balaban J connectivity index is 1.33. The average molecular weight is 508 g/mol. The van der Waals surface area contributed by atoms with Crippen molar-refractivity contribution in [3.05, 3.63) is 101 Å². The number of benzene rings is 2. The van der Waals surface area contributed by atoms with Gasteiger partial charge in [-0.15, -0.1) is 0 Å². The SMILES string of the molecule is C[C@]12Cc3cnn(-c4ccc(F)cc4)c3C=C1CCC1C2=CC[C@@H](C(F)(F)F)[C@@H]1NCc1ccccc1. The Morgan fingerprint density at radius 3 is 2.57 bits per heavy atom. The van der Waals surface area contributed by atoms with Crippen LogP contribution in [0.25, 0.3) is 11.8 Å². The van der Waals surface area contributed by atoms with Gasteiger partial charge in [0.2, 0.25) is 0 Å². The number of rotatable bonds is 4. The van der Waals surface area contributed by atoms with Crippen LogP contribution in [-0.2, 0) is 13.0 Å². The second kappa shape index (κ2) is 8.98. The van der Waals surface area contributed by atoms with Crippen LogP contribution in [0.5, 0.6) is 0 Å². The van der Waals surface area contributed by atoms with Crippen molar-refractivity contribution in [1.82, 2.24) is 15.1 Å². The van der Waals surface area contributed by atoms with Crippen LogP contribution in [0.15, 0.2) is 78.0 Å². The van der Waals surface area contributed by atoms with E-state index in [1.54, 1.807) is 12.1 Å². The van der Waals surface area contributed by atoms with E-state index in [0.717, 1.165) is 34.5 Å². The maximum Gasteiger partial charge on any atom is 0.393 e. The fourth-order valence-corrected chi connectivity index (χ4v) is 6.68. The molecule has 1 saturated carbocycles. The summed E-state index contributed by atoms with van der Waals surface area (Å²) in [6.07, 6.45) is 3.72. The summed E-state index contributed by atoms with van der Waals surface area (Å²) in [5, 5.41) is 7.91. The summed E-state index contributed by atoms with van der Waals surface area (Å²) >= 11 is 0. The summed E-state index contributed by atoms with van der Waals surface area (Å²) in [7, 11) is 0. The molecule has 6 rings (SSSR count). The van der Waals surface area contributed by atoms with Gasteiger partial charge in [0.05, 0.1) is 23.5 Å². The van der Waals surface area contributed by atoms with Gasteiger partial charge in [0.25, 0.3) is 0 Å². The van der Waals surface area contributed by atoms with Gasteiger partial charge in [-0.1, -0.05) is 54.5 Å². The zero-order valence-electron chi connectivity index (χ0n) is 20.6. The Morgan fingerprint density at radius 2 is 1.84 bits per heavy atom. The molecule has 3 aliphatic rings. The van der Waals surface area contributed by atoms with E-state index in [0.29, 0.717) is 19.4 Å². The highest BCUT2D eigenvalue weighted by molar-refractivity contribution is 5.63. The van der Waals surface area contributed by atoms with Crippen LogP contribution in [-0.4, -0.2) is 22.0 Å². The topological polar surface area (TPSA) is 29.9 Å². The molecule has 1 aromatic heterocycles. The van der Waals surface area contributed by atoms with Crippen LogP contribution in [0.2, 0.25) is 0 Å². The Kier molecular flexibility index (Phi) is 5.86. The first-order chi connectivity index (χ1) is 17.7. The standard InChI is InChI=1S/C30H29F4N3/c1-29-16-20-18-36-37(23-10-8-22(31)9-11-23)27(20)15-21(29)7-12-24-25(29)13-14-26(30(32,33)34)28(24)35-17-19-5-3-2-4-6-19/h2-6,8-11,13,15,18,24,26,28,35H,7,12,14,16-17H2,1H3/t24?,26-,28-,29+/m1/s1. The Morgan fingerprint density at radius 1 is 1.08 bits per heavy atom. The summed E-state index contributed by atoms with van der Waals surface area (Å²) in [5.41, 5.74) is 5.82. The molecule has 37 heavy (non-hydrogen) atoms. The molecule has 2 aromatic carbocycles. The van der Waals surface area contributed by atoms with Crippen LogP contribution in [0, 0.1) is 23.1 Å². The first-order valence-corrected chi connectivity index (χ1v) is 12.8. The predicted molar refractivity (Wildman–Crippen MR) is 135 cm³/mol. The molecule has 0 radical (unpaired) electrons. The van der Waals surface area contributed by atoms with Gasteiger partial charge in [-0.3, -0.25) is 0 Å². The molecule has 0 amide bonds. The summed E-state index contributed by atoms with van der Waals surface area (Å²) in [6, 6.07) is 15.2. The molecule has 3 nitrogen and oxygen atoms in total. The molecule has 192 valence electrons. The fraction of sp³-hybridized carbons (Fsp3) is 0.367. The smallest absolute Gasteiger partial charge is 0.309 e. The number of hydrogen-bond acceptors (Lipinski definition) is 2. The van der Waals surface area contributed by atoms with Gasteiger partial charge >= 0.3 is 6.18 Å². The minimum atomic E-state index is -4.26. The van der Waals surface area contributed by atoms with Crippen LogP contribution in [0.4, 0.5) is 17.6 Å². The van der Waals surface area contributed by atoms with Crippen LogP contribution in [0.3, 0.4) is 0 Å². The minimum absolute atomic E-state index is 0.00758. The van der Waals surface area contributed by atoms with Crippen molar-refractivity contribution in [3.63, 3.8) is 0 Å². The molecular formula is C30H29F4N3. The van der Waals surface area contributed by atoms with Gasteiger partial charge in [-0.05, 0) is 73.1 Å². The summed E-state index contributed by atoms with van der Waals surface area (Å²) in [5.74, 6) is -1.88. The van der Waals surface area contributed by atoms with Gasteiger partial charge in [0.1, 0.15) is 5.82 Å². The molecule has 0 bridgehead atoms. The first kappa shape index (κ1) is 24.2. The Bertz CT molecular complexity index is 1350. The number of halogens is 4. The average Bonchev–Trinajstić information content (AvgIpc) is 3.28. The second-order valence-electron chi connectivity index (χ2n) is 10.7. The molecular weight excluding hydrogens is 478 g/mol. The maximum atomic E-state index is 14.2. The highest BCUT2D eigenvalue weighted by atomic mass is 19.4. The third-order valence-electron chi connectivity index (χ3n) is 8.55. The number of aromatic nitrogens is 2. The number of fused-ring (bicyclic) bond motifs is 4. The van der Waals surface area contributed by atoms with Gasteiger partial charge in [-0.25, -0.2) is 9.07 Å².